The van der Waals surface area contributed by atoms with E-state index in [1.54, 1.807) is 7.05 Å². The summed E-state index contributed by atoms with van der Waals surface area (Å²) in [6.45, 7) is 2.56. The standard InChI is InChI=1S/C15H23N3O2/c1-3-9-18(11-14(19)17-2)15(20)13(16)10-12-7-5-4-6-8-12/h4-8,13H,3,9-11,16H2,1-2H3,(H,17,19)/t13-/m0/s1. The lowest BCUT2D eigenvalue weighted by atomic mass is 10.1. The number of rotatable bonds is 7. The maximum atomic E-state index is 12.3. The molecule has 0 aliphatic carbocycles. The van der Waals surface area contributed by atoms with Crippen molar-refractivity contribution in [3.05, 3.63) is 35.9 Å². The highest BCUT2D eigenvalue weighted by Gasteiger charge is 2.22. The second kappa shape index (κ2) is 8.32. The molecule has 1 rings (SSSR count). The number of nitrogens with two attached hydrogens (primary N) is 1. The summed E-state index contributed by atoms with van der Waals surface area (Å²) in [5, 5.41) is 2.52. The van der Waals surface area contributed by atoms with Gasteiger partial charge < -0.3 is 16.0 Å². The number of likely N-dealkylation sites (N-methyl/N-ethyl adjacent to an activating group) is 1. The summed E-state index contributed by atoms with van der Waals surface area (Å²) >= 11 is 0. The molecule has 110 valence electrons. The fourth-order valence-electron chi connectivity index (χ4n) is 1.98. The Labute approximate surface area is 120 Å². The highest BCUT2D eigenvalue weighted by atomic mass is 16.2. The van der Waals surface area contributed by atoms with Gasteiger partial charge in [0.1, 0.15) is 0 Å². The molecule has 0 aliphatic rings. The van der Waals surface area contributed by atoms with Crippen molar-refractivity contribution >= 4 is 11.8 Å². The first-order valence-corrected chi connectivity index (χ1v) is 6.87. The van der Waals surface area contributed by atoms with Crippen LogP contribution in [-0.2, 0) is 16.0 Å². The Hall–Kier alpha value is -1.88. The van der Waals surface area contributed by atoms with Gasteiger partial charge in [-0.1, -0.05) is 37.3 Å². The minimum Gasteiger partial charge on any atom is -0.358 e. The molecule has 1 aromatic rings. The molecule has 5 nitrogen and oxygen atoms in total. The summed E-state index contributed by atoms with van der Waals surface area (Å²) in [5.41, 5.74) is 6.99. The molecule has 0 saturated heterocycles. The average Bonchev–Trinajstić information content (AvgIpc) is 2.46. The second-order valence-electron chi connectivity index (χ2n) is 4.73. The minimum atomic E-state index is -0.617. The van der Waals surface area contributed by atoms with Crippen LogP contribution in [0.15, 0.2) is 30.3 Å². The van der Waals surface area contributed by atoms with Gasteiger partial charge in [0.2, 0.25) is 11.8 Å². The van der Waals surface area contributed by atoms with Crippen molar-refractivity contribution in [1.82, 2.24) is 10.2 Å². The van der Waals surface area contributed by atoms with Crippen LogP contribution in [0.4, 0.5) is 0 Å². The molecule has 0 bridgehead atoms. The smallest absolute Gasteiger partial charge is 0.240 e. The largest absolute Gasteiger partial charge is 0.358 e. The number of amides is 2. The Morgan fingerprint density at radius 3 is 2.50 bits per heavy atom. The van der Waals surface area contributed by atoms with Gasteiger partial charge in [-0.25, -0.2) is 0 Å². The summed E-state index contributed by atoms with van der Waals surface area (Å²) < 4.78 is 0. The maximum Gasteiger partial charge on any atom is 0.240 e. The van der Waals surface area contributed by atoms with E-state index in [-0.39, 0.29) is 18.4 Å². The van der Waals surface area contributed by atoms with E-state index >= 15 is 0 Å². The third kappa shape index (κ3) is 5.01. The lowest BCUT2D eigenvalue weighted by molar-refractivity contribution is -0.137. The highest BCUT2D eigenvalue weighted by Crippen LogP contribution is 2.05. The molecule has 0 saturated carbocycles. The van der Waals surface area contributed by atoms with Crippen LogP contribution in [0.5, 0.6) is 0 Å². The predicted octanol–water partition coefficient (Wildman–Crippen LogP) is 0.541. The molecule has 5 heteroatoms. The van der Waals surface area contributed by atoms with E-state index in [2.05, 4.69) is 5.32 Å². The summed E-state index contributed by atoms with van der Waals surface area (Å²) in [6, 6.07) is 9.02. The molecule has 2 amide bonds. The highest BCUT2D eigenvalue weighted by molar-refractivity contribution is 5.87. The summed E-state index contributed by atoms with van der Waals surface area (Å²) in [6.07, 6.45) is 1.27. The molecule has 0 aliphatic heterocycles. The molecule has 0 radical (unpaired) electrons. The van der Waals surface area contributed by atoms with Gasteiger partial charge in [-0.15, -0.1) is 0 Å². The number of nitrogens with one attached hydrogen (secondary N) is 1. The first-order chi connectivity index (χ1) is 9.58. The number of hydrogen-bond acceptors (Lipinski definition) is 3. The monoisotopic (exact) mass is 277 g/mol. The van der Waals surface area contributed by atoms with Crippen LogP contribution in [0.1, 0.15) is 18.9 Å². The van der Waals surface area contributed by atoms with Gasteiger partial charge in [-0.3, -0.25) is 9.59 Å². The molecule has 0 aromatic heterocycles. The summed E-state index contributed by atoms with van der Waals surface area (Å²) in [7, 11) is 1.56. The molecule has 0 fully saturated rings. The van der Waals surface area contributed by atoms with E-state index in [0.29, 0.717) is 13.0 Å². The van der Waals surface area contributed by atoms with Crippen LogP contribution >= 0.6 is 0 Å². The molecule has 1 atom stereocenters. The normalized spacial score (nSPS) is 11.8. The molecule has 0 unspecified atom stereocenters. The topological polar surface area (TPSA) is 75.4 Å². The van der Waals surface area contributed by atoms with Crippen molar-refractivity contribution in [3.63, 3.8) is 0 Å². The Morgan fingerprint density at radius 1 is 1.30 bits per heavy atom. The number of benzene rings is 1. The van der Waals surface area contributed by atoms with E-state index in [0.717, 1.165) is 12.0 Å². The molecule has 3 N–H and O–H groups in total. The number of carbonyl (C=O) groups excluding carboxylic acids is 2. The van der Waals surface area contributed by atoms with Crippen LogP contribution < -0.4 is 11.1 Å². The van der Waals surface area contributed by atoms with Gasteiger partial charge in [-0.2, -0.15) is 0 Å². The van der Waals surface area contributed by atoms with Crippen molar-refractivity contribution in [3.8, 4) is 0 Å². The molecule has 1 aromatic carbocycles. The summed E-state index contributed by atoms with van der Waals surface area (Å²) in [4.78, 5) is 25.3. The van der Waals surface area contributed by atoms with Crippen molar-refractivity contribution in [2.75, 3.05) is 20.1 Å². The van der Waals surface area contributed by atoms with Gasteiger partial charge in [0, 0.05) is 13.6 Å². The Kier molecular flexibility index (Phi) is 6.73. The van der Waals surface area contributed by atoms with Crippen LogP contribution in [0.2, 0.25) is 0 Å². The molecule has 20 heavy (non-hydrogen) atoms. The van der Waals surface area contributed by atoms with Crippen molar-refractivity contribution < 1.29 is 9.59 Å². The zero-order valence-corrected chi connectivity index (χ0v) is 12.1. The molecule has 0 spiro atoms. The van der Waals surface area contributed by atoms with Crippen LogP contribution in [0, 0.1) is 0 Å². The summed E-state index contributed by atoms with van der Waals surface area (Å²) in [5.74, 6) is -0.363. The Balaban J connectivity index is 2.65. The van der Waals surface area contributed by atoms with Crippen molar-refractivity contribution in [1.29, 1.82) is 0 Å². The van der Waals surface area contributed by atoms with E-state index in [1.165, 1.54) is 4.90 Å². The van der Waals surface area contributed by atoms with E-state index in [4.69, 9.17) is 5.73 Å². The van der Waals surface area contributed by atoms with E-state index < -0.39 is 6.04 Å². The van der Waals surface area contributed by atoms with E-state index in [9.17, 15) is 9.59 Å². The Morgan fingerprint density at radius 2 is 1.95 bits per heavy atom. The predicted molar refractivity (Wildman–Crippen MR) is 79.1 cm³/mol. The fraction of sp³-hybridized carbons (Fsp3) is 0.467. The van der Waals surface area contributed by atoms with Gasteiger partial charge in [0.25, 0.3) is 0 Å². The zero-order valence-electron chi connectivity index (χ0n) is 12.1. The first kappa shape index (κ1) is 16.2. The lowest BCUT2D eigenvalue weighted by Crippen LogP contribution is -2.48. The zero-order chi connectivity index (χ0) is 15.0. The first-order valence-electron chi connectivity index (χ1n) is 6.87. The fourth-order valence-corrected chi connectivity index (χ4v) is 1.98. The van der Waals surface area contributed by atoms with Gasteiger partial charge in [-0.05, 0) is 18.4 Å². The number of hydrogen-bond donors (Lipinski definition) is 2. The maximum absolute atomic E-state index is 12.3. The van der Waals surface area contributed by atoms with Crippen molar-refractivity contribution in [2.24, 2.45) is 5.73 Å². The van der Waals surface area contributed by atoms with Crippen molar-refractivity contribution in [2.45, 2.75) is 25.8 Å². The minimum absolute atomic E-state index is 0.0612. The lowest BCUT2D eigenvalue weighted by Gasteiger charge is -2.24. The molecular weight excluding hydrogens is 254 g/mol. The Bertz CT molecular complexity index is 434. The number of carbonyl (C=O) groups is 2. The van der Waals surface area contributed by atoms with Gasteiger partial charge in [0.15, 0.2) is 0 Å². The SMILES string of the molecule is CCCN(CC(=O)NC)C(=O)[C@@H](N)Cc1ccccc1. The third-order valence-electron chi connectivity index (χ3n) is 3.03. The number of nitrogens with zero attached hydrogens (tertiary/aromatic N) is 1. The van der Waals surface area contributed by atoms with Crippen LogP contribution in [0.3, 0.4) is 0 Å². The quantitative estimate of drug-likeness (QED) is 0.764. The average molecular weight is 277 g/mol. The van der Waals surface area contributed by atoms with Gasteiger partial charge in [0.05, 0.1) is 12.6 Å². The van der Waals surface area contributed by atoms with Gasteiger partial charge >= 0.3 is 0 Å². The van der Waals surface area contributed by atoms with E-state index in [1.807, 2.05) is 37.3 Å². The molecular formula is C15H23N3O2. The van der Waals surface area contributed by atoms with Crippen LogP contribution in [-0.4, -0.2) is 42.9 Å². The van der Waals surface area contributed by atoms with Crippen LogP contribution in [0.25, 0.3) is 0 Å². The second-order valence-corrected chi connectivity index (χ2v) is 4.73. The molecule has 0 heterocycles. The third-order valence-corrected chi connectivity index (χ3v) is 3.03.